The number of nitrogens with one attached hydrogen (secondary N) is 1. The van der Waals surface area contributed by atoms with E-state index in [1.54, 1.807) is 36.3 Å². The highest BCUT2D eigenvalue weighted by molar-refractivity contribution is 5.97. The van der Waals surface area contributed by atoms with Crippen LogP contribution in [0, 0.1) is 5.41 Å². The van der Waals surface area contributed by atoms with Crippen molar-refractivity contribution in [2.75, 3.05) is 32.5 Å². The lowest BCUT2D eigenvalue weighted by Crippen LogP contribution is -2.56. The van der Waals surface area contributed by atoms with Gasteiger partial charge >= 0.3 is 0 Å². The Morgan fingerprint density at radius 2 is 2.06 bits per heavy atom. The van der Waals surface area contributed by atoms with Gasteiger partial charge in [-0.1, -0.05) is 24.3 Å². The molecule has 1 aliphatic rings. The Balaban J connectivity index is 1.39. The Kier molecular flexibility index (Phi) is 7.02. The first-order valence-electron chi connectivity index (χ1n) is 11.1. The van der Waals surface area contributed by atoms with Crippen LogP contribution in [0.2, 0.25) is 0 Å². The molecule has 2 aromatic carbocycles. The highest BCUT2D eigenvalue weighted by Crippen LogP contribution is 2.21. The first-order chi connectivity index (χ1) is 16.9. The Morgan fingerprint density at radius 3 is 2.80 bits per heavy atom. The minimum absolute atomic E-state index is 0.0298. The van der Waals surface area contributed by atoms with Crippen LogP contribution in [0.4, 0.5) is 5.82 Å². The van der Waals surface area contributed by atoms with E-state index in [1.807, 2.05) is 24.3 Å². The van der Waals surface area contributed by atoms with Crippen LogP contribution in [0.15, 0.2) is 54.9 Å². The molecule has 1 atom stereocenters. The van der Waals surface area contributed by atoms with Crippen LogP contribution in [-0.2, 0) is 20.7 Å². The van der Waals surface area contributed by atoms with E-state index in [4.69, 9.17) is 21.6 Å². The van der Waals surface area contributed by atoms with Gasteiger partial charge in [-0.15, -0.1) is 0 Å². The number of nitrogen functional groups attached to an aromatic ring is 2. The average Bonchev–Trinajstić information content (AvgIpc) is 2.86. The van der Waals surface area contributed by atoms with Crippen molar-refractivity contribution < 1.29 is 14.3 Å². The monoisotopic (exact) mass is 473 g/mol. The summed E-state index contributed by atoms with van der Waals surface area (Å²) >= 11 is 0. The van der Waals surface area contributed by atoms with Crippen molar-refractivity contribution in [2.45, 2.75) is 12.6 Å². The quantitative estimate of drug-likeness (QED) is 0.266. The predicted molar refractivity (Wildman–Crippen MR) is 133 cm³/mol. The molecule has 0 spiro atoms. The number of hydrogen-bond acceptors (Lipinski definition) is 7. The van der Waals surface area contributed by atoms with Gasteiger partial charge in [0.25, 0.3) is 0 Å². The summed E-state index contributed by atoms with van der Waals surface area (Å²) in [4.78, 5) is 37.0. The summed E-state index contributed by atoms with van der Waals surface area (Å²) in [5.41, 5.74) is 14.4. The molecule has 2 heterocycles. The molecule has 0 saturated carbocycles. The Morgan fingerprint density at radius 1 is 1.23 bits per heavy atom. The molecule has 5 N–H and O–H groups in total. The summed E-state index contributed by atoms with van der Waals surface area (Å²) in [6.07, 6.45) is 4.51. The van der Waals surface area contributed by atoms with Gasteiger partial charge in [0.15, 0.2) is 0 Å². The minimum atomic E-state index is -0.471. The van der Waals surface area contributed by atoms with Crippen LogP contribution < -0.4 is 11.5 Å². The molecule has 4 rings (SSSR count). The zero-order chi connectivity index (χ0) is 24.9. The Labute approximate surface area is 202 Å². The Hall–Kier alpha value is -4.31. The molecular formula is C25H27N7O3. The van der Waals surface area contributed by atoms with Gasteiger partial charge in [0.2, 0.25) is 11.8 Å². The van der Waals surface area contributed by atoms with Crippen molar-refractivity contribution in [1.29, 1.82) is 5.41 Å². The molecule has 10 nitrogen and oxygen atoms in total. The van der Waals surface area contributed by atoms with Gasteiger partial charge in [-0.2, -0.15) is 0 Å². The second-order valence-corrected chi connectivity index (χ2v) is 8.22. The zero-order valence-corrected chi connectivity index (χ0v) is 19.3. The van der Waals surface area contributed by atoms with Crippen LogP contribution in [0.25, 0.3) is 17.0 Å². The number of benzene rings is 2. The maximum absolute atomic E-state index is 12.9. The molecular weight excluding hydrogens is 446 g/mol. The van der Waals surface area contributed by atoms with Crippen molar-refractivity contribution in [3.05, 3.63) is 71.6 Å². The number of nitrogens with zero attached hydrogens (tertiary/aromatic N) is 4. The van der Waals surface area contributed by atoms with Crippen molar-refractivity contribution in [3.8, 4) is 0 Å². The van der Waals surface area contributed by atoms with Crippen molar-refractivity contribution in [3.63, 3.8) is 0 Å². The smallest absolute Gasteiger partial charge is 0.247 e. The number of carbonyl (C=O) groups is 2. The first-order valence-corrected chi connectivity index (χ1v) is 11.1. The number of methoxy groups -OCH3 is 1. The topological polar surface area (TPSA) is 152 Å². The molecule has 2 amide bonds. The minimum Gasteiger partial charge on any atom is -0.384 e. The van der Waals surface area contributed by atoms with E-state index in [9.17, 15) is 9.59 Å². The number of carbonyl (C=O) groups excluding carboxylic acids is 2. The summed E-state index contributed by atoms with van der Waals surface area (Å²) in [7, 11) is 1.56. The summed E-state index contributed by atoms with van der Waals surface area (Å²) in [6, 6.07) is 12.7. The molecule has 3 aromatic rings. The van der Waals surface area contributed by atoms with Crippen molar-refractivity contribution in [1.82, 2.24) is 19.8 Å². The van der Waals surface area contributed by atoms with Crippen molar-refractivity contribution >= 4 is 40.4 Å². The van der Waals surface area contributed by atoms with Gasteiger partial charge in [-0.3, -0.25) is 15.0 Å². The largest absolute Gasteiger partial charge is 0.384 e. The lowest BCUT2D eigenvalue weighted by Gasteiger charge is -2.38. The highest BCUT2D eigenvalue weighted by Gasteiger charge is 2.31. The molecule has 1 fully saturated rings. The van der Waals surface area contributed by atoms with E-state index >= 15 is 0 Å². The summed E-state index contributed by atoms with van der Waals surface area (Å²) in [5, 5.41) is 8.30. The highest BCUT2D eigenvalue weighted by atomic mass is 16.5. The summed E-state index contributed by atoms with van der Waals surface area (Å²) < 4.78 is 5.63. The van der Waals surface area contributed by atoms with E-state index in [-0.39, 0.29) is 24.2 Å². The summed E-state index contributed by atoms with van der Waals surface area (Å²) in [5.74, 6) is -0.0636. The lowest BCUT2D eigenvalue weighted by molar-refractivity contribution is -0.154. The second-order valence-electron chi connectivity index (χ2n) is 8.22. The van der Waals surface area contributed by atoms with E-state index in [0.717, 1.165) is 22.0 Å². The van der Waals surface area contributed by atoms with Crippen LogP contribution in [0.3, 0.4) is 0 Å². The third kappa shape index (κ3) is 5.44. The summed E-state index contributed by atoms with van der Waals surface area (Å²) in [6.45, 7) is 0.723. The van der Waals surface area contributed by atoms with Crippen LogP contribution in [0.5, 0.6) is 0 Å². The Bertz CT molecular complexity index is 1310. The van der Waals surface area contributed by atoms with Crippen LogP contribution in [0.1, 0.15) is 16.7 Å². The fraction of sp³-hybridized carbons (Fsp3) is 0.240. The maximum Gasteiger partial charge on any atom is 0.247 e. The van der Waals surface area contributed by atoms with E-state index in [0.29, 0.717) is 30.9 Å². The number of piperazine rings is 1. The molecule has 1 aliphatic heterocycles. The number of nitrogens with two attached hydrogens (primary N) is 2. The molecule has 180 valence electrons. The number of anilines is 1. The average molecular weight is 474 g/mol. The number of amides is 2. The molecule has 0 bridgehead atoms. The van der Waals surface area contributed by atoms with Crippen LogP contribution in [-0.4, -0.2) is 70.4 Å². The molecule has 10 heteroatoms. The van der Waals surface area contributed by atoms with Gasteiger partial charge in [0.05, 0.1) is 5.52 Å². The number of fused-ring (bicyclic) bond motifs is 1. The number of rotatable bonds is 7. The first kappa shape index (κ1) is 23.8. The molecule has 35 heavy (non-hydrogen) atoms. The van der Waals surface area contributed by atoms with Gasteiger partial charge < -0.3 is 26.0 Å². The van der Waals surface area contributed by atoms with E-state index < -0.39 is 6.23 Å². The third-order valence-corrected chi connectivity index (χ3v) is 5.95. The van der Waals surface area contributed by atoms with Gasteiger partial charge in [-0.25, -0.2) is 9.97 Å². The predicted octanol–water partition coefficient (Wildman–Crippen LogP) is 1.40. The van der Waals surface area contributed by atoms with Gasteiger partial charge in [-0.05, 0) is 35.4 Å². The second kappa shape index (κ2) is 10.3. The molecule has 0 radical (unpaired) electrons. The maximum atomic E-state index is 12.9. The standard InChI is InChI=1S/C25H27N7O3/c1-35-23(13-17-5-7-19-20(12-17)29-15-30-25(19)28)32-10-9-31(14-22(32)34)21(33)8-6-16-3-2-4-18(11-16)24(26)27/h2-8,11-12,15,23H,9-10,13-14H2,1H3,(H3,26,27)(H2,28,29,30)/t23-/m0/s1. The van der Waals surface area contributed by atoms with E-state index in [1.165, 1.54) is 17.3 Å². The number of amidine groups is 1. The normalized spacial score (nSPS) is 15.1. The molecule has 1 aromatic heterocycles. The number of aromatic nitrogens is 2. The molecule has 0 unspecified atom stereocenters. The van der Waals surface area contributed by atoms with Crippen LogP contribution >= 0.6 is 0 Å². The van der Waals surface area contributed by atoms with Crippen molar-refractivity contribution in [2.24, 2.45) is 5.73 Å². The zero-order valence-electron chi connectivity index (χ0n) is 19.3. The SMILES string of the molecule is CO[C@@H](Cc1ccc2c(N)ncnc2c1)N1CCN(C(=O)C=Cc2cccc(C(=N)N)c2)CC1=O. The van der Waals surface area contributed by atoms with Gasteiger partial charge in [0.1, 0.15) is 30.8 Å². The fourth-order valence-electron chi connectivity index (χ4n) is 4.03. The fourth-order valence-corrected chi connectivity index (χ4v) is 4.03. The molecule has 0 aliphatic carbocycles. The third-order valence-electron chi connectivity index (χ3n) is 5.95. The van der Waals surface area contributed by atoms with E-state index in [2.05, 4.69) is 9.97 Å². The number of hydrogen-bond donors (Lipinski definition) is 3. The number of ether oxygens (including phenoxy) is 1. The lowest BCUT2D eigenvalue weighted by atomic mass is 10.1. The van der Waals surface area contributed by atoms with Gasteiger partial charge in [0, 0.05) is 43.6 Å². The molecule has 1 saturated heterocycles.